The Morgan fingerprint density at radius 2 is 1.78 bits per heavy atom. The van der Waals surface area contributed by atoms with Crippen LogP contribution in [-0.4, -0.2) is 15.7 Å². The van der Waals surface area contributed by atoms with Gasteiger partial charge in [0, 0.05) is 12.3 Å². The molecule has 4 rings (SSSR count). The summed E-state index contributed by atoms with van der Waals surface area (Å²) in [6.07, 6.45) is 4.49. The number of anilines is 1. The van der Waals surface area contributed by atoms with Crippen molar-refractivity contribution in [2.75, 3.05) is 5.32 Å². The fraction of sp³-hybridized carbons (Fsp3) is 0.412. The number of H-pyrrole nitrogens is 1. The summed E-state index contributed by atoms with van der Waals surface area (Å²) < 4.78 is 15.0. The minimum Gasteiger partial charge on any atom is -0.311 e. The Hall–Kier alpha value is -2.37. The molecule has 2 aromatic rings. The lowest BCUT2D eigenvalue weighted by Gasteiger charge is -2.24. The van der Waals surface area contributed by atoms with Gasteiger partial charge in [0.05, 0.1) is 11.6 Å². The van der Waals surface area contributed by atoms with Crippen molar-refractivity contribution < 1.29 is 9.18 Å². The summed E-state index contributed by atoms with van der Waals surface area (Å²) in [5, 5.41) is 5.76. The molecule has 1 saturated carbocycles. The third-order valence-electron chi connectivity index (χ3n) is 4.92. The fourth-order valence-electron chi connectivity index (χ4n) is 3.80. The van der Waals surface area contributed by atoms with Crippen LogP contribution in [0.5, 0.6) is 0 Å². The van der Waals surface area contributed by atoms with Gasteiger partial charge in [-0.3, -0.25) is 19.4 Å². The molecule has 1 fully saturated rings. The summed E-state index contributed by atoms with van der Waals surface area (Å²) in [7, 11) is 0. The standard InChI is InChI=1S/C17H18FN3O2/c18-11-7-5-10(6-8-11)13-9-14(22)19-16-15(13)17(23)20-21(16)12-3-1-2-4-12/h5-8,12-13H,1-4,9H2,(H,19,22)(H,20,23)/t13-/m1/s1. The Labute approximate surface area is 132 Å². The highest BCUT2D eigenvalue weighted by molar-refractivity contribution is 5.94. The van der Waals surface area contributed by atoms with E-state index in [1.165, 1.54) is 12.1 Å². The summed E-state index contributed by atoms with van der Waals surface area (Å²) in [5.41, 5.74) is 1.21. The predicted octanol–water partition coefficient (Wildman–Crippen LogP) is 2.90. The van der Waals surface area contributed by atoms with Gasteiger partial charge in [-0.1, -0.05) is 25.0 Å². The van der Waals surface area contributed by atoms with Crippen molar-refractivity contribution in [3.63, 3.8) is 0 Å². The first-order valence-electron chi connectivity index (χ1n) is 8.03. The number of aromatic nitrogens is 2. The van der Waals surface area contributed by atoms with Crippen LogP contribution in [0.4, 0.5) is 10.2 Å². The van der Waals surface area contributed by atoms with Crippen molar-refractivity contribution in [2.24, 2.45) is 0 Å². The first-order chi connectivity index (χ1) is 11.1. The zero-order valence-electron chi connectivity index (χ0n) is 12.6. The Morgan fingerprint density at radius 3 is 2.48 bits per heavy atom. The number of hydrogen-bond acceptors (Lipinski definition) is 2. The molecule has 0 saturated heterocycles. The number of nitrogens with zero attached hydrogens (tertiary/aromatic N) is 1. The molecule has 0 unspecified atom stereocenters. The Bertz CT molecular complexity index is 800. The molecule has 2 aliphatic rings. The van der Waals surface area contributed by atoms with Crippen molar-refractivity contribution in [3.05, 3.63) is 51.6 Å². The van der Waals surface area contributed by atoms with Crippen LogP contribution in [0, 0.1) is 5.82 Å². The van der Waals surface area contributed by atoms with Gasteiger partial charge in [-0.2, -0.15) is 0 Å². The Morgan fingerprint density at radius 1 is 1.09 bits per heavy atom. The molecule has 5 nitrogen and oxygen atoms in total. The second-order valence-electron chi connectivity index (χ2n) is 6.37. The molecule has 23 heavy (non-hydrogen) atoms. The van der Waals surface area contributed by atoms with Gasteiger partial charge in [0.15, 0.2) is 0 Å². The minimum atomic E-state index is -0.328. The number of rotatable bonds is 2. The van der Waals surface area contributed by atoms with Crippen LogP contribution in [0.2, 0.25) is 0 Å². The predicted molar refractivity (Wildman–Crippen MR) is 84.0 cm³/mol. The van der Waals surface area contributed by atoms with Crippen LogP contribution in [0.3, 0.4) is 0 Å². The van der Waals surface area contributed by atoms with Crippen molar-refractivity contribution in [3.8, 4) is 0 Å². The van der Waals surface area contributed by atoms with Crippen molar-refractivity contribution in [1.29, 1.82) is 0 Å². The van der Waals surface area contributed by atoms with E-state index in [0.29, 0.717) is 11.4 Å². The molecule has 0 bridgehead atoms. The normalized spacial score (nSPS) is 21.3. The largest absolute Gasteiger partial charge is 0.311 e. The molecule has 120 valence electrons. The summed E-state index contributed by atoms with van der Waals surface area (Å²) in [4.78, 5) is 24.6. The van der Waals surface area contributed by atoms with Crippen molar-refractivity contribution in [2.45, 2.75) is 44.1 Å². The number of halogens is 1. The summed E-state index contributed by atoms with van der Waals surface area (Å²) >= 11 is 0. The van der Waals surface area contributed by atoms with Gasteiger partial charge in [0.2, 0.25) is 5.91 Å². The molecule has 1 atom stereocenters. The van der Waals surface area contributed by atoms with Gasteiger partial charge in [-0.15, -0.1) is 0 Å². The molecule has 1 aliphatic heterocycles. The van der Waals surface area contributed by atoms with E-state index >= 15 is 0 Å². The number of fused-ring (bicyclic) bond motifs is 1. The van der Waals surface area contributed by atoms with Gasteiger partial charge in [-0.25, -0.2) is 4.39 Å². The molecule has 1 amide bonds. The second-order valence-corrected chi connectivity index (χ2v) is 6.37. The number of aromatic amines is 1. The molecule has 0 radical (unpaired) electrons. The van der Waals surface area contributed by atoms with Crippen LogP contribution in [0.1, 0.15) is 55.2 Å². The molecule has 2 N–H and O–H groups in total. The van der Waals surface area contributed by atoms with E-state index in [4.69, 9.17) is 0 Å². The zero-order chi connectivity index (χ0) is 16.0. The van der Waals surface area contributed by atoms with Crippen LogP contribution in [0.25, 0.3) is 0 Å². The maximum Gasteiger partial charge on any atom is 0.270 e. The molecular formula is C17H18FN3O2. The quantitative estimate of drug-likeness (QED) is 0.895. The van der Waals surface area contributed by atoms with E-state index in [1.807, 2.05) is 4.68 Å². The molecule has 1 aromatic carbocycles. The minimum absolute atomic E-state index is 0.113. The highest BCUT2D eigenvalue weighted by atomic mass is 19.1. The molecule has 6 heteroatoms. The number of carbonyl (C=O) groups is 1. The van der Waals surface area contributed by atoms with E-state index in [9.17, 15) is 14.0 Å². The van der Waals surface area contributed by atoms with Crippen LogP contribution in [-0.2, 0) is 4.79 Å². The monoisotopic (exact) mass is 315 g/mol. The van der Waals surface area contributed by atoms with Gasteiger partial charge in [0.25, 0.3) is 5.56 Å². The number of hydrogen-bond donors (Lipinski definition) is 2. The van der Waals surface area contributed by atoms with Crippen LogP contribution < -0.4 is 10.9 Å². The third-order valence-corrected chi connectivity index (χ3v) is 4.92. The van der Waals surface area contributed by atoms with Gasteiger partial charge in [0.1, 0.15) is 11.6 Å². The average molecular weight is 315 g/mol. The first kappa shape index (κ1) is 14.2. The summed E-state index contributed by atoms with van der Waals surface area (Å²) in [5.74, 6) is -0.178. The first-order valence-corrected chi connectivity index (χ1v) is 8.03. The Balaban J connectivity index is 1.82. The average Bonchev–Trinajstić information content (AvgIpc) is 3.15. The van der Waals surface area contributed by atoms with Gasteiger partial charge < -0.3 is 5.32 Å². The summed E-state index contributed by atoms with van der Waals surface area (Å²) in [6, 6.07) is 6.26. The lowest BCUT2D eigenvalue weighted by Crippen LogP contribution is -2.27. The smallest absolute Gasteiger partial charge is 0.270 e. The van der Waals surface area contributed by atoms with E-state index in [0.717, 1.165) is 31.2 Å². The van der Waals surface area contributed by atoms with E-state index in [-0.39, 0.29) is 35.7 Å². The molecular weight excluding hydrogens is 297 g/mol. The molecule has 1 aliphatic carbocycles. The molecule has 0 spiro atoms. The number of nitrogens with one attached hydrogen (secondary N) is 2. The SMILES string of the molecule is O=C1C[C@H](c2ccc(F)cc2)c2c(n(C3CCCC3)[nH]c2=O)N1. The number of carbonyl (C=O) groups excluding carboxylic acids is 1. The maximum atomic E-state index is 13.2. The second kappa shape index (κ2) is 5.37. The lowest BCUT2D eigenvalue weighted by molar-refractivity contribution is -0.116. The van der Waals surface area contributed by atoms with E-state index in [1.54, 1.807) is 12.1 Å². The highest BCUT2D eigenvalue weighted by Gasteiger charge is 2.34. The fourth-order valence-corrected chi connectivity index (χ4v) is 3.80. The van der Waals surface area contributed by atoms with E-state index in [2.05, 4.69) is 10.4 Å². The van der Waals surface area contributed by atoms with E-state index < -0.39 is 0 Å². The number of amides is 1. The van der Waals surface area contributed by atoms with Gasteiger partial charge >= 0.3 is 0 Å². The highest BCUT2D eigenvalue weighted by Crippen LogP contribution is 2.38. The maximum absolute atomic E-state index is 13.2. The molecule has 2 heterocycles. The van der Waals surface area contributed by atoms with Crippen molar-refractivity contribution in [1.82, 2.24) is 9.78 Å². The lowest BCUT2D eigenvalue weighted by atomic mass is 9.87. The van der Waals surface area contributed by atoms with Crippen LogP contribution >= 0.6 is 0 Å². The zero-order valence-corrected chi connectivity index (χ0v) is 12.6. The number of benzene rings is 1. The molecule has 1 aromatic heterocycles. The summed E-state index contributed by atoms with van der Waals surface area (Å²) in [6.45, 7) is 0. The topological polar surface area (TPSA) is 66.9 Å². The van der Waals surface area contributed by atoms with Gasteiger partial charge in [-0.05, 0) is 30.5 Å². The van der Waals surface area contributed by atoms with Crippen LogP contribution in [0.15, 0.2) is 29.1 Å². The Kier molecular flexibility index (Phi) is 3.32. The van der Waals surface area contributed by atoms with Crippen molar-refractivity contribution >= 4 is 11.7 Å². The third kappa shape index (κ3) is 2.38.